The molecule has 2 aromatic rings. The van der Waals surface area contributed by atoms with Crippen molar-refractivity contribution in [1.29, 1.82) is 0 Å². The predicted molar refractivity (Wildman–Crippen MR) is 117 cm³/mol. The van der Waals surface area contributed by atoms with Crippen LogP contribution in [0.4, 0.5) is 0 Å². The van der Waals surface area contributed by atoms with E-state index < -0.39 is 5.97 Å². The fraction of sp³-hybridized carbons (Fsp3) is 0.500. The zero-order valence-electron chi connectivity index (χ0n) is 18.4. The maximum absolute atomic E-state index is 12.9. The molecule has 1 amide bonds. The van der Waals surface area contributed by atoms with Crippen LogP contribution in [0.25, 0.3) is 0 Å². The van der Waals surface area contributed by atoms with E-state index in [1.807, 2.05) is 17.0 Å². The van der Waals surface area contributed by atoms with Gasteiger partial charge in [0.05, 0.1) is 12.8 Å². The number of ether oxygens (including phenoxy) is 2. The van der Waals surface area contributed by atoms with E-state index in [0.29, 0.717) is 49.8 Å². The van der Waals surface area contributed by atoms with E-state index in [4.69, 9.17) is 9.47 Å². The first-order chi connectivity index (χ1) is 15.6. The second kappa shape index (κ2) is 9.97. The lowest BCUT2D eigenvalue weighted by molar-refractivity contribution is -0.132. The van der Waals surface area contributed by atoms with E-state index in [1.165, 1.54) is 26.0 Å². The first-order valence-corrected chi connectivity index (χ1v) is 11.2. The third-order valence-electron chi connectivity index (χ3n) is 6.38. The zero-order chi connectivity index (χ0) is 22.5. The molecule has 2 aromatic heterocycles. The van der Waals surface area contributed by atoms with Gasteiger partial charge in [0.1, 0.15) is 17.9 Å². The van der Waals surface area contributed by atoms with Crippen LogP contribution in [0, 0.1) is 5.92 Å². The number of methoxy groups -OCH3 is 1. The number of carbonyl (C=O) groups is 2. The van der Waals surface area contributed by atoms with Gasteiger partial charge in [-0.1, -0.05) is 18.9 Å². The van der Waals surface area contributed by atoms with Crippen LogP contribution in [0.15, 0.2) is 35.3 Å². The number of fused-ring (bicyclic) bond motifs is 1. The Labute approximate surface area is 187 Å². The second-order valence-corrected chi connectivity index (χ2v) is 8.41. The van der Waals surface area contributed by atoms with Crippen LogP contribution >= 0.6 is 0 Å². The standard InChI is InChI=1S/C24H29N3O5/c1-31-24(30)23-19-9-11-26(21(28)14-17-6-2-3-7-17)12-13-27(19)22(29)15-20(23)32-16-18-8-4-5-10-25-18/h4-5,8,10,15,17H,2-3,6-7,9,11-14,16H2,1H3. The highest BCUT2D eigenvalue weighted by atomic mass is 16.5. The number of esters is 1. The average Bonchev–Trinajstić information content (AvgIpc) is 3.21. The number of nitrogens with zero attached hydrogens (tertiary/aromatic N) is 3. The van der Waals surface area contributed by atoms with Crippen LogP contribution in [0.2, 0.25) is 0 Å². The molecule has 0 N–H and O–H groups in total. The summed E-state index contributed by atoms with van der Waals surface area (Å²) in [6.07, 6.45) is 7.23. The van der Waals surface area contributed by atoms with Gasteiger partial charge in [0.25, 0.3) is 5.56 Å². The largest absolute Gasteiger partial charge is 0.486 e. The van der Waals surface area contributed by atoms with Crippen molar-refractivity contribution in [3.63, 3.8) is 0 Å². The molecule has 170 valence electrons. The number of hydrogen-bond acceptors (Lipinski definition) is 6. The Balaban J connectivity index is 1.57. The lowest BCUT2D eigenvalue weighted by atomic mass is 10.0. The molecule has 0 aromatic carbocycles. The topological polar surface area (TPSA) is 90.7 Å². The van der Waals surface area contributed by atoms with Gasteiger partial charge >= 0.3 is 5.97 Å². The molecule has 3 heterocycles. The fourth-order valence-electron chi connectivity index (χ4n) is 4.66. The van der Waals surface area contributed by atoms with Gasteiger partial charge in [0, 0.05) is 50.4 Å². The van der Waals surface area contributed by atoms with E-state index in [0.717, 1.165) is 12.8 Å². The van der Waals surface area contributed by atoms with Crippen LogP contribution < -0.4 is 10.3 Å². The fourth-order valence-corrected chi connectivity index (χ4v) is 4.66. The first kappa shape index (κ1) is 22.0. The summed E-state index contributed by atoms with van der Waals surface area (Å²) in [5.74, 6) is 0.220. The van der Waals surface area contributed by atoms with Crippen LogP contribution in [0.1, 0.15) is 53.8 Å². The van der Waals surface area contributed by atoms with Gasteiger partial charge in [-0.05, 0) is 30.9 Å². The monoisotopic (exact) mass is 439 g/mol. The molecular weight excluding hydrogens is 410 g/mol. The summed E-state index contributed by atoms with van der Waals surface area (Å²) in [5.41, 5.74) is 1.22. The van der Waals surface area contributed by atoms with Crippen molar-refractivity contribution in [2.45, 2.75) is 51.7 Å². The minimum Gasteiger partial charge on any atom is -0.486 e. The van der Waals surface area contributed by atoms with Crippen LogP contribution in [-0.4, -0.2) is 46.5 Å². The van der Waals surface area contributed by atoms with Crippen molar-refractivity contribution >= 4 is 11.9 Å². The van der Waals surface area contributed by atoms with Crippen molar-refractivity contribution in [3.8, 4) is 5.75 Å². The summed E-state index contributed by atoms with van der Waals surface area (Å²) in [5, 5.41) is 0. The molecule has 0 unspecified atom stereocenters. The van der Waals surface area contributed by atoms with Crippen molar-refractivity contribution in [3.05, 3.63) is 57.8 Å². The molecule has 2 aliphatic rings. The highest BCUT2D eigenvalue weighted by Gasteiger charge is 2.28. The van der Waals surface area contributed by atoms with E-state index in [-0.39, 0.29) is 29.4 Å². The van der Waals surface area contributed by atoms with Gasteiger partial charge in [-0.3, -0.25) is 14.6 Å². The molecule has 8 heteroatoms. The maximum atomic E-state index is 12.9. The summed E-state index contributed by atoms with van der Waals surface area (Å²) >= 11 is 0. The highest BCUT2D eigenvalue weighted by Crippen LogP contribution is 2.29. The van der Waals surface area contributed by atoms with E-state index in [2.05, 4.69) is 4.98 Å². The molecule has 4 rings (SSSR count). The Morgan fingerprint density at radius 1 is 1.16 bits per heavy atom. The molecule has 1 saturated carbocycles. The minimum atomic E-state index is -0.560. The molecule has 1 fully saturated rings. The van der Waals surface area contributed by atoms with Crippen molar-refractivity contribution in [1.82, 2.24) is 14.5 Å². The number of amides is 1. The Morgan fingerprint density at radius 2 is 1.97 bits per heavy atom. The lowest BCUT2D eigenvalue weighted by Gasteiger charge is -2.21. The van der Waals surface area contributed by atoms with Crippen molar-refractivity contribution in [2.24, 2.45) is 5.92 Å². The predicted octanol–water partition coefficient (Wildman–Crippen LogP) is 2.57. The molecule has 1 aliphatic heterocycles. The van der Waals surface area contributed by atoms with Crippen LogP contribution in [0.3, 0.4) is 0 Å². The molecule has 0 saturated heterocycles. The van der Waals surface area contributed by atoms with Gasteiger partial charge in [-0.25, -0.2) is 4.79 Å². The summed E-state index contributed by atoms with van der Waals surface area (Å²) in [7, 11) is 1.31. The molecule has 0 bridgehead atoms. The van der Waals surface area contributed by atoms with Crippen LogP contribution in [-0.2, 0) is 29.1 Å². The van der Waals surface area contributed by atoms with Gasteiger partial charge in [0.2, 0.25) is 5.91 Å². The van der Waals surface area contributed by atoms with E-state index >= 15 is 0 Å². The average molecular weight is 440 g/mol. The van der Waals surface area contributed by atoms with E-state index in [9.17, 15) is 14.4 Å². The molecule has 1 aliphatic carbocycles. The normalized spacial score (nSPS) is 16.3. The smallest absolute Gasteiger partial charge is 0.343 e. The quantitative estimate of drug-likeness (QED) is 0.643. The Bertz CT molecular complexity index is 1030. The van der Waals surface area contributed by atoms with Gasteiger partial charge in [0.15, 0.2) is 0 Å². The third kappa shape index (κ3) is 4.84. The number of rotatable bonds is 6. The first-order valence-electron chi connectivity index (χ1n) is 11.2. The molecule has 32 heavy (non-hydrogen) atoms. The third-order valence-corrected chi connectivity index (χ3v) is 6.38. The highest BCUT2D eigenvalue weighted by molar-refractivity contribution is 5.93. The minimum absolute atomic E-state index is 0.125. The zero-order valence-corrected chi connectivity index (χ0v) is 18.4. The molecule has 0 atom stereocenters. The van der Waals surface area contributed by atoms with Crippen LogP contribution in [0.5, 0.6) is 5.75 Å². The van der Waals surface area contributed by atoms with Gasteiger partial charge < -0.3 is 18.9 Å². The van der Waals surface area contributed by atoms with Crippen molar-refractivity contribution < 1.29 is 19.1 Å². The maximum Gasteiger partial charge on any atom is 0.343 e. The summed E-state index contributed by atoms with van der Waals surface area (Å²) in [6.45, 7) is 1.38. The van der Waals surface area contributed by atoms with Gasteiger partial charge in [-0.15, -0.1) is 0 Å². The molecule has 8 nitrogen and oxygen atoms in total. The Kier molecular flexibility index (Phi) is 6.87. The second-order valence-electron chi connectivity index (χ2n) is 8.41. The summed E-state index contributed by atoms with van der Waals surface area (Å²) in [6, 6.07) is 6.78. The van der Waals surface area contributed by atoms with Gasteiger partial charge in [-0.2, -0.15) is 0 Å². The Hall–Kier alpha value is -3.16. The SMILES string of the molecule is COC(=O)c1c(OCc2ccccn2)cc(=O)n2c1CCN(C(=O)CC1CCCC1)CC2. The molecule has 0 radical (unpaired) electrons. The molecule has 0 spiro atoms. The molecular formula is C24H29N3O5. The Morgan fingerprint density at radius 3 is 2.69 bits per heavy atom. The number of pyridine rings is 2. The number of carbonyl (C=O) groups excluding carboxylic acids is 2. The number of hydrogen-bond donors (Lipinski definition) is 0. The summed E-state index contributed by atoms with van der Waals surface area (Å²) in [4.78, 5) is 44.4. The van der Waals surface area contributed by atoms with Crippen molar-refractivity contribution in [2.75, 3.05) is 20.2 Å². The van der Waals surface area contributed by atoms with E-state index in [1.54, 1.807) is 16.8 Å². The lowest BCUT2D eigenvalue weighted by Crippen LogP contribution is -2.35. The number of aromatic nitrogens is 2. The summed E-state index contributed by atoms with van der Waals surface area (Å²) < 4.78 is 12.4.